The molecule has 4 rings (SSSR count). The number of pyridine rings is 1. The van der Waals surface area contributed by atoms with Gasteiger partial charge in [0, 0.05) is 36.7 Å². The van der Waals surface area contributed by atoms with Crippen molar-refractivity contribution in [2.24, 2.45) is 0 Å². The number of carbonyl (C=O) groups excluding carboxylic acids is 1. The quantitative estimate of drug-likeness (QED) is 0.584. The van der Waals surface area contributed by atoms with E-state index in [0.29, 0.717) is 12.3 Å². The summed E-state index contributed by atoms with van der Waals surface area (Å²) in [6.45, 7) is 2.22. The molecule has 1 amide bonds. The fraction of sp³-hybridized carbons (Fsp3) is 0.500. The summed E-state index contributed by atoms with van der Waals surface area (Å²) >= 11 is 1.43. The Balaban J connectivity index is 1.58. The number of hydrogen-bond donors (Lipinski definition) is 0. The minimum Gasteiger partial charge on any atom is -0.342 e. The SMILES string of the molecule is O=C(CSc1nc(=O)n(Cc2cccnc2)c2c1CCCC2)N1CCCC1. The molecule has 0 atom stereocenters. The Kier molecular flexibility index (Phi) is 5.57. The van der Waals surface area contributed by atoms with Gasteiger partial charge in [-0.05, 0) is 50.2 Å². The third kappa shape index (κ3) is 4.08. The average molecular weight is 385 g/mol. The second kappa shape index (κ2) is 8.25. The number of hydrogen-bond acceptors (Lipinski definition) is 5. The highest BCUT2D eigenvalue weighted by Crippen LogP contribution is 2.29. The lowest BCUT2D eigenvalue weighted by atomic mass is 9.97. The van der Waals surface area contributed by atoms with Crippen molar-refractivity contribution in [3.05, 3.63) is 51.8 Å². The molecule has 2 aromatic rings. The zero-order valence-electron chi connectivity index (χ0n) is 15.4. The molecule has 142 valence electrons. The van der Waals surface area contributed by atoms with E-state index in [-0.39, 0.29) is 11.6 Å². The molecule has 1 saturated heterocycles. The monoisotopic (exact) mass is 384 g/mol. The molecule has 27 heavy (non-hydrogen) atoms. The van der Waals surface area contributed by atoms with Crippen LogP contribution in [0, 0.1) is 0 Å². The van der Waals surface area contributed by atoms with E-state index in [4.69, 9.17) is 0 Å². The smallest absolute Gasteiger partial charge is 0.342 e. The van der Waals surface area contributed by atoms with Crippen LogP contribution in [0.2, 0.25) is 0 Å². The van der Waals surface area contributed by atoms with Crippen molar-refractivity contribution in [1.82, 2.24) is 19.4 Å². The van der Waals surface area contributed by atoms with Gasteiger partial charge >= 0.3 is 5.69 Å². The van der Waals surface area contributed by atoms with E-state index in [0.717, 1.165) is 73.5 Å². The highest BCUT2D eigenvalue weighted by Gasteiger charge is 2.23. The molecule has 1 fully saturated rings. The first kappa shape index (κ1) is 18.2. The largest absolute Gasteiger partial charge is 0.349 e. The van der Waals surface area contributed by atoms with Gasteiger partial charge in [0.1, 0.15) is 5.03 Å². The highest BCUT2D eigenvalue weighted by atomic mass is 32.2. The van der Waals surface area contributed by atoms with Crippen molar-refractivity contribution in [3.8, 4) is 0 Å². The molecule has 2 aliphatic rings. The van der Waals surface area contributed by atoms with Gasteiger partial charge in [0.2, 0.25) is 5.91 Å². The maximum absolute atomic E-state index is 12.7. The minimum absolute atomic E-state index is 0.156. The Morgan fingerprint density at radius 1 is 1.15 bits per heavy atom. The number of fused-ring (bicyclic) bond motifs is 1. The van der Waals surface area contributed by atoms with Crippen molar-refractivity contribution in [3.63, 3.8) is 0 Å². The summed E-state index contributed by atoms with van der Waals surface area (Å²) < 4.78 is 1.79. The Morgan fingerprint density at radius 3 is 2.74 bits per heavy atom. The van der Waals surface area contributed by atoms with Crippen LogP contribution < -0.4 is 5.69 Å². The predicted octanol–water partition coefficient (Wildman–Crippen LogP) is 2.28. The van der Waals surface area contributed by atoms with E-state index in [9.17, 15) is 9.59 Å². The molecule has 0 radical (unpaired) electrons. The fourth-order valence-corrected chi connectivity index (χ4v) is 4.87. The zero-order chi connectivity index (χ0) is 18.6. The summed E-state index contributed by atoms with van der Waals surface area (Å²) in [6, 6.07) is 3.86. The number of nitrogens with zero attached hydrogens (tertiary/aromatic N) is 4. The second-order valence-corrected chi connectivity index (χ2v) is 8.12. The summed E-state index contributed by atoms with van der Waals surface area (Å²) in [5.74, 6) is 0.522. The summed E-state index contributed by atoms with van der Waals surface area (Å²) in [6.07, 6.45) is 9.71. The molecule has 0 unspecified atom stereocenters. The molecule has 0 aromatic carbocycles. The molecule has 3 heterocycles. The summed E-state index contributed by atoms with van der Waals surface area (Å²) in [7, 11) is 0. The summed E-state index contributed by atoms with van der Waals surface area (Å²) in [4.78, 5) is 35.5. The van der Waals surface area contributed by atoms with Crippen molar-refractivity contribution in [2.45, 2.75) is 50.1 Å². The molecule has 7 heteroatoms. The van der Waals surface area contributed by atoms with Crippen LogP contribution in [0.3, 0.4) is 0 Å². The topological polar surface area (TPSA) is 68.1 Å². The van der Waals surface area contributed by atoms with Gasteiger partial charge in [0.15, 0.2) is 0 Å². The van der Waals surface area contributed by atoms with E-state index in [2.05, 4.69) is 9.97 Å². The van der Waals surface area contributed by atoms with Crippen LogP contribution in [0.1, 0.15) is 42.5 Å². The maximum atomic E-state index is 12.7. The van der Waals surface area contributed by atoms with Gasteiger partial charge in [-0.15, -0.1) is 0 Å². The fourth-order valence-electron chi connectivity index (χ4n) is 3.89. The summed E-state index contributed by atoms with van der Waals surface area (Å²) in [5, 5.41) is 0.754. The molecule has 2 aromatic heterocycles. The van der Waals surface area contributed by atoms with Gasteiger partial charge in [-0.1, -0.05) is 17.8 Å². The van der Waals surface area contributed by atoms with E-state index >= 15 is 0 Å². The predicted molar refractivity (Wildman–Crippen MR) is 105 cm³/mol. The van der Waals surface area contributed by atoms with Crippen LogP contribution >= 0.6 is 11.8 Å². The van der Waals surface area contributed by atoms with E-state index in [1.54, 1.807) is 17.0 Å². The molecule has 1 aliphatic heterocycles. The van der Waals surface area contributed by atoms with Crippen LogP contribution in [0.4, 0.5) is 0 Å². The first-order valence-corrected chi connectivity index (χ1v) is 10.6. The molecule has 0 saturated carbocycles. The van der Waals surface area contributed by atoms with E-state index < -0.39 is 0 Å². The molecule has 6 nitrogen and oxygen atoms in total. The standard InChI is InChI=1S/C20H24N4O2S/c25-18(23-10-3-4-11-23)14-27-19-16-7-1-2-8-17(16)24(20(26)22-19)13-15-6-5-9-21-12-15/h5-6,9,12H,1-4,7-8,10-11,13-14H2. The van der Waals surface area contributed by atoms with Gasteiger partial charge in [-0.25, -0.2) is 4.79 Å². The lowest BCUT2D eigenvalue weighted by Gasteiger charge is -2.23. The maximum Gasteiger partial charge on any atom is 0.349 e. The van der Waals surface area contributed by atoms with Crippen LogP contribution in [0.25, 0.3) is 0 Å². The number of rotatable bonds is 5. The van der Waals surface area contributed by atoms with Gasteiger partial charge < -0.3 is 4.90 Å². The van der Waals surface area contributed by atoms with Crippen molar-refractivity contribution in [2.75, 3.05) is 18.8 Å². The lowest BCUT2D eigenvalue weighted by molar-refractivity contribution is -0.127. The number of likely N-dealkylation sites (tertiary alicyclic amines) is 1. The van der Waals surface area contributed by atoms with Gasteiger partial charge in [-0.2, -0.15) is 4.98 Å². The zero-order valence-corrected chi connectivity index (χ0v) is 16.2. The van der Waals surface area contributed by atoms with Crippen LogP contribution in [0.5, 0.6) is 0 Å². The number of thioether (sulfide) groups is 1. The Morgan fingerprint density at radius 2 is 1.96 bits per heavy atom. The Bertz CT molecular complexity index is 876. The molecule has 0 bridgehead atoms. The number of carbonyl (C=O) groups is 1. The highest BCUT2D eigenvalue weighted by molar-refractivity contribution is 7.99. The molecular formula is C20H24N4O2S. The lowest BCUT2D eigenvalue weighted by Crippen LogP contribution is -2.32. The Hall–Kier alpha value is -2.15. The first-order valence-electron chi connectivity index (χ1n) is 9.64. The van der Waals surface area contributed by atoms with Crippen molar-refractivity contribution in [1.29, 1.82) is 0 Å². The molecule has 1 aliphatic carbocycles. The minimum atomic E-state index is -0.226. The van der Waals surface area contributed by atoms with Crippen molar-refractivity contribution >= 4 is 17.7 Å². The van der Waals surface area contributed by atoms with Gasteiger partial charge in [0.25, 0.3) is 0 Å². The molecule has 0 N–H and O–H groups in total. The second-order valence-electron chi connectivity index (χ2n) is 7.16. The van der Waals surface area contributed by atoms with E-state index in [1.165, 1.54) is 11.8 Å². The van der Waals surface area contributed by atoms with Crippen LogP contribution in [-0.2, 0) is 24.2 Å². The third-order valence-electron chi connectivity index (χ3n) is 5.31. The molecule has 0 spiro atoms. The average Bonchev–Trinajstić information content (AvgIpc) is 3.24. The Labute approximate surface area is 163 Å². The molecular weight excluding hydrogens is 360 g/mol. The van der Waals surface area contributed by atoms with Gasteiger partial charge in [-0.3, -0.25) is 14.3 Å². The van der Waals surface area contributed by atoms with Crippen LogP contribution in [0.15, 0.2) is 34.3 Å². The normalized spacial score (nSPS) is 16.4. The van der Waals surface area contributed by atoms with Gasteiger partial charge in [0.05, 0.1) is 12.3 Å². The first-order chi connectivity index (χ1) is 13.2. The summed E-state index contributed by atoms with van der Waals surface area (Å²) in [5.41, 5.74) is 3.01. The van der Waals surface area contributed by atoms with Crippen molar-refractivity contribution < 1.29 is 4.79 Å². The van der Waals surface area contributed by atoms with E-state index in [1.807, 2.05) is 17.0 Å². The van der Waals surface area contributed by atoms with Crippen LogP contribution in [-0.4, -0.2) is 44.2 Å². The third-order valence-corrected chi connectivity index (χ3v) is 6.31. The number of amides is 1. The number of aromatic nitrogens is 3.